The van der Waals surface area contributed by atoms with Crippen molar-refractivity contribution in [2.45, 2.75) is 31.6 Å². The smallest absolute Gasteiger partial charge is 0.115 e. The van der Waals surface area contributed by atoms with Gasteiger partial charge in [-0.2, -0.15) is 0 Å². The van der Waals surface area contributed by atoms with Crippen molar-refractivity contribution in [1.82, 2.24) is 4.90 Å². The number of hydrogen-bond acceptors (Lipinski definition) is 4. The molecule has 3 aromatic rings. The van der Waals surface area contributed by atoms with Gasteiger partial charge in [-0.15, -0.1) is 0 Å². The SMILES string of the molecule is C[C@H](Cc1ccc(O)cc1)N(CC(O)c1cccc(Cl)c1)C[C@H](O)c1ccccc1. The maximum Gasteiger partial charge on any atom is 0.115 e. The van der Waals surface area contributed by atoms with E-state index in [0.717, 1.165) is 23.1 Å². The van der Waals surface area contributed by atoms with Gasteiger partial charge in [0.1, 0.15) is 5.75 Å². The highest BCUT2D eigenvalue weighted by atomic mass is 35.5. The zero-order valence-corrected chi connectivity index (χ0v) is 17.8. The predicted molar refractivity (Wildman–Crippen MR) is 121 cm³/mol. The number of phenols is 1. The minimum absolute atomic E-state index is 0.0572. The summed E-state index contributed by atoms with van der Waals surface area (Å²) in [4.78, 5) is 2.09. The fourth-order valence-corrected chi connectivity index (χ4v) is 3.78. The van der Waals surface area contributed by atoms with Crippen LogP contribution in [0.2, 0.25) is 5.02 Å². The van der Waals surface area contributed by atoms with Crippen LogP contribution in [0.5, 0.6) is 5.75 Å². The molecule has 4 nitrogen and oxygen atoms in total. The Labute approximate surface area is 183 Å². The molecule has 3 aromatic carbocycles. The normalized spacial score (nSPS) is 14.4. The van der Waals surface area contributed by atoms with Crippen molar-refractivity contribution in [2.24, 2.45) is 0 Å². The molecule has 1 unspecified atom stereocenters. The summed E-state index contributed by atoms with van der Waals surface area (Å²) < 4.78 is 0. The quantitative estimate of drug-likeness (QED) is 0.463. The number of hydrogen-bond donors (Lipinski definition) is 3. The van der Waals surface area contributed by atoms with Gasteiger partial charge in [-0.25, -0.2) is 0 Å². The molecule has 0 fully saturated rings. The third-order valence-electron chi connectivity index (χ3n) is 5.32. The summed E-state index contributed by atoms with van der Waals surface area (Å²) in [5.41, 5.74) is 2.67. The second kappa shape index (κ2) is 10.6. The van der Waals surface area contributed by atoms with Crippen LogP contribution in [-0.2, 0) is 6.42 Å². The van der Waals surface area contributed by atoms with Crippen molar-refractivity contribution in [3.05, 3.63) is 101 Å². The summed E-state index contributed by atoms with van der Waals surface area (Å²) in [5, 5.41) is 31.7. The van der Waals surface area contributed by atoms with Gasteiger partial charge in [0.15, 0.2) is 0 Å². The van der Waals surface area contributed by atoms with Crippen LogP contribution in [-0.4, -0.2) is 39.4 Å². The summed E-state index contributed by atoms with van der Waals surface area (Å²) in [6.45, 7) is 2.83. The number of benzene rings is 3. The molecule has 3 N–H and O–H groups in total. The number of aromatic hydroxyl groups is 1. The maximum atomic E-state index is 10.8. The van der Waals surface area contributed by atoms with E-state index in [1.54, 1.807) is 24.3 Å². The van der Waals surface area contributed by atoms with Crippen LogP contribution in [0.4, 0.5) is 0 Å². The molecule has 158 valence electrons. The Morgan fingerprint density at radius 3 is 2.03 bits per heavy atom. The van der Waals surface area contributed by atoms with Crippen LogP contribution in [0.15, 0.2) is 78.9 Å². The molecule has 0 bridgehead atoms. The second-order valence-corrected chi connectivity index (χ2v) is 8.11. The Bertz CT molecular complexity index is 917. The third kappa shape index (κ3) is 6.31. The molecule has 0 aromatic heterocycles. The van der Waals surface area contributed by atoms with Crippen molar-refractivity contribution in [3.63, 3.8) is 0 Å². The molecule has 30 heavy (non-hydrogen) atoms. The Morgan fingerprint density at radius 1 is 0.800 bits per heavy atom. The number of nitrogens with zero attached hydrogens (tertiary/aromatic N) is 1. The van der Waals surface area contributed by atoms with Crippen molar-refractivity contribution in [3.8, 4) is 5.75 Å². The van der Waals surface area contributed by atoms with Gasteiger partial charge < -0.3 is 15.3 Å². The minimum atomic E-state index is -0.728. The van der Waals surface area contributed by atoms with Crippen molar-refractivity contribution >= 4 is 11.6 Å². The zero-order chi connectivity index (χ0) is 21.5. The van der Waals surface area contributed by atoms with E-state index in [9.17, 15) is 15.3 Å². The van der Waals surface area contributed by atoms with Crippen LogP contribution >= 0.6 is 11.6 Å². The molecule has 0 aliphatic rings. The summed E-state index contributed by atoms with van der Waals surface area (Å²) in [6.07, 6.45) is -0.668. The van der Waals surface area contributed by atoms with Gasteiger partial charge in [0.05, 0.1) is 12.2 Å². The lowest BCUT2D eigenvalue weighted by Crippen LogP contribution is -2.40. The molecular formula is C25H28ClNO3. The Balaban J connectivity index is 1.76. The van der Waals surface area contributed by atoms with Gasteiger partial charge in [-0.1, -0.05) is 66.2 Å². The van der Waals surface area contributed by atoms with Gasteiger partial charge in [0, 0.05) is 24.2 Å². The lowest BCUT2D eigenvalue weighted by Gasteiger charge is -2.33. The summed E-state index contributed by atoms with van der Waals surface area (Å²) in [6, 6.07) is 24.0. The molecular weight excluding hydrogens is 398 g/mol. The highest BCUT2D eigenvalue weighted by Gasteiger charge is 2.23. The zero-order valence-electron chi connectivity index (χ0n) is 17.0. The van der Waals surface area contributed by atoms with Gasteiger partial charge in [-0.3, -0.25) is 4.90 Å². The second-order valence-electron chi connectivity index (χ2n) is 7.67. The maximum absolute atomic E-state index is 10.8. The molecule has 0 heterocycles. The number of aliphatic hydroxyl groups excluding tert-OH is 2. The Morgan fingerprint density at radius 2 is 1.40 bits per heavy atom. The molecule has 0 amide bonds. The summed E-state index contributed by atoms with van der Waals surface area (Å²) >= 11 is 6.09. The average Bonchev–Trinajstić information content (AvgIpc) is 2.75. The molecule has 5 heteroatoms. The Hall–Kier alpha value is -2.37. The van der Waals surface area contributed by atoms with Crippen molar-refractivity contribution < 1.29 is 15.3 Å². The lowest BCUT2D eigenvalue weighted by atomic mass is 10.0. The van der Waals surface area contributed by atoms with Crippen molar-refractivity contribution in [1.29, 1.82) is 0 Å². The molecule has 0 radical (unpaired) electrons. The third-order valence-corrected chi connectivity index (χ3v) is 5.56. The van der Waals surface area contributed by atoms with E-state index in [2.05, 4.69) is 11.8 Å². The van der Waals surface area contributed by atoms with E-state index in [4.69, 9.17) is 11.6 Å². The van der Waals surface area contributed by atoms with E-state index in [-0.39, 0.29) is 11.8 Å². The first kappa shape index (κ1) is 22.3. The first-order chi connectivity index (χ1) is 14.4. The van der Waals surface area contributed by atoms with Gasteiger partial charge in [0.25, 0.3) is 0 Å². The van der Waals surface area contributed by atoms with E-state index in [1.165, 1.54) is 0 Å². The summed E-state index contributed by atoms with van der Waals surface area (Å²) in [7, 11) is 0. The number of rotatable bonds is 9. The van der Waals surface area contributed by atoms with Gasteiger partial charge >= 0.3 is 0 Å². The fraction of sp³-hybridized carbons (Fsp3) is 0.280. The first-order valence-electron chi connectivity index (χ1n) is 10.1. The monoisotopic (exact) mass is 425 g/mol. The van der Waals surface area contributed by atoms with E-state index in [1.807, 2.05) is 54.6 Å². The van der Waals surface area contributed by atoms with E-state index >= 15 is 0 Å². The number of phenolic OH excluding ortho intramolecular Hbond substituents is 1. The number of halogens is 1. The van der Waals surface area contributed by atoms with E-state index < -0.39 is 12.2 Å². The molecule has 0 saturated carbocycles. The molecule has 0 aliphatic heterocycles. The van der Waals surface area contributed by atoms with Crippen LogP contribution in [0.25, 0.3) is 0 Å². The fourth-order valence-electron chi connectivity index (χ4n) is 3.58. The van der Waals surface area contributed by atoms with Crippen LogP contribution in [0, 0.1) is 0 Å². The Kier molecular flexibility index (Phi) is 7.88. The lowest BCUT2D eigenvalue weighted by molar-refractivity contribution is 0.0480. The van der Waals surface area contributed by atoms with Gasteiger partial charge in [-0.05, 0) is 54.3 Å². The molecule has 0 spiro atoms. The summed E-state index contributed by atoms with van der Waals surface area (Å²) in [5.74, 6) is 0.235. The van der Waals surface area contributed by atoms with Crippen LogP contribution in [0.1, 0.15) is 35.8 Å². The topological polar surface area (TPSA) is 63.9 Å². The van der Waals surface area contributed by atoms with E-state index in [0.29, 0.717) is 18.1 Å². The standard InChI is InChI=1S/C25H28ClNO3/c1-18(14-19-10-12-23(28)13-11-19)27(16-24(29)20-6-3-2-4-7-20)17-25(30)21-8-5-9-22(26)15-21/h2-13,15,18,24-25,28-30H,14,16-17H2,1H3/t18-,24+,25?/m1/s1. The molecule has 3 rings (SSSR count). The molecule has 3 atom stereocenters. The highest BCUT2D eigenvalue weighted by Crippen LogP contribution is 2.23. The number of aliphatic hydroxyl groups is 2. The minimum Gasteiger partial charge on any atom is -0.508 e. The van der Waals surface area contributed by atoms with Crippen LogP contribution < -0.4 is 0 Å². The first-order valence-corrected chi connectivity index (χ1v) is 10.5. The van der Waals surface area contributed by atoms with Crippen LogP contribution in [0.3, 0.4) is 0 Å². The average molecular weight is 426 g/mol. The predicted octanol–water partition coefficient (Wildman–Crippen LogP) is 4.75. The molecule has 0 aliphatic carbocycles. The largest absolute Gasteiger partial charge is 0.508 e. The highest BCUT2D eigenvalue weighted by molar-refractivity contribution is 6.30. The van der Waals surface area contributed by atoms with Gasteiger partial charge in [0.2, 0.25) is 0 Å². The van der Waals surface area contributed by atoms with Crippen molar-refractivity contribution in [2.75, 3.05) is 13.1 Å². The molecule has 0 saturated heterocycles.